The van der Waals surface area contributed by atoms with Crippen LogP contribution in [-0.4, -0.2) is 14.9 Å². The fraction of sp³-hybridized carbons (Fsp3) is 0.357. The second kappa shape index (κ2) is 5.05. The molecule has 2 aromatic rings. The zero-order chi connectivity index (χ0) is 12.3. The zero-order valence-corrected chi connectivity index (χ0v) is 11.8. The number of rotatable bonds is 4. The molecule has 0 aliphatic heterocycles. The second-order valence-electron chi connectivity index (χ2n) is 5.04. The lowest BCUT2D eigenvalue weighted by molar-refractivity contribution is 0.356. The van der Waals surface area contributed by atoms with Crippen molar-refractivity contribution in [1.29, 1.82) is 0 Å². The van der Waals surface area contributed by atoms with Gasteiger partial charge in [-0.1, -0.05) is 60.1 Å². The predicted octanol–water partition coefficient (Wildman–Crippen LogP) is 3.97. The average molecular weight is 293 g/mol. The quantitative estimate of drug-likeness (QED) is 0.780. The highest BCUT2D eigenvalue weighted by Crippen LogP contribution is 2.24. The maximum Gasteiger partial charge on any atom is 0.139 e. The molecule has 0 unspecified atom stereocenters. The predicted molar refractivity (Wildman–Crippen MR) is 75.2 cm³/mol. The molecule has 2 nitrogen and oxygen atoms in total. The molecule has 2 rings (SSSR count). The molecule has 0 atom stereocenters. The molecule has 0 spiro atoms. The Bertz CT molecular complexity index is 474. The van der Waals surface area contributed by atoms with Crippen LogP contribution >= 0.6 is 15.9 Å². The van der Waals surface area contributed by atoms with Gasteiger partial charge in [0.25, 0.3) is 0 Å². The fourth-order valence-electron chi connectivity index (χ4n) is 1.79. The number of alkyl halides is 1. The summed E-state index contributed by atoms with van der Waals surface area (Å²) in [6.07, 6.45) is 3.92. The van der Waals surface area contributed by atoms with Crippen molar-refractivity contribution in [2.24, 2.45) is 5.41 Å². The van der Waals surface area contributed by atoms with E-state index in [9.17, 15) is 0 Å². The summed E-state index contributed by atoms with van der Waals surface area (Å²) in [5.74, 6) is 1.04. The molecular formula is C14H17BrN2. The third-order valence-corrected chi connectivity index (χ3v) is 4.23. The van der Waals surface area contributed by atoms with Crippen LogP contribution in [0.15, 0.2) is 42.7 Å². The number of imidazole rings is 1. The van der Waals surface area contributed by atoms with E-state index < -0.39 is 0 Å². The van der Waals surface area contributed by atoms with Gasteiger partial charge in [0.1, 0.15) is 5.82 Å². The van der Waals surface area contributed by atoms with Crippen LogP contribution in [0.3, 0.4) is 0 Å². The van der Waals surface area contributed by atoms with E-state index in [1.807, 2.05) is 30.6 Å². The molecule has 0 fully saturated rings. The smallest absolute Gasteiger partial charge is 0.139 e. The molecule has 0 saturated heterocycles. The van der Waals surface area contributed by atoms with E-state index in [-0.39, 0.29) is 5.41 Å². The molecule has 1 heterocycles. The van der Waals surface area contributed by atoms with Crippen LogP contribution in [0.5, 0.6) is 0 Å². The number of halogens is 1. The van der Waals surface area contributed by atoms with E-state index in [0.29, 0.717) is 0 Å². The molecule has 1 aromatic carbocycles. The van der Waals surface area contributed by atoms with Gasteiger partial charge in [-0.2, -0.15) is 0 Å². The van der Waals surface area contributed by atoms with E-state index >= 15 is 0 Å². The number of hydrogen-bond donors (Lipinski definition) is 0. The van der Waals surface area contributed by atoms with Gasteiger partial charge in [0.2, 0.25) is 0 Å². The van der Waals surface area contributed by atoms with Crippen LogP contribution in [0.1, 0.15) is 13.8 Å². The van der Waals surface area contributed by atoms with Crippen molar-refractivity contribution in [2.45, 2.75) is 20.4 Å². The van der Waals surface area contributed by atoms with Crippen molar-refractivity contribution >= 4 is 15.9 Å². The summed E-state index contributed by atoms with van der Waals surface area (Å²) in [6.45, 7) is 5.45. The molecule has 0 aliphatic carbocycles. The van der Waals surface area contributed by atoms with E-state index in [1.165, 1.54) is 5.56 Å². The topological polar surface area (TPSA) is 17.8 Å². The molecule has 0 N–H and O–H groups in total. The molecule has 0 amide bonds. The van der Waals surface area contributed by atoms with E-state index in [2.05, 4.69) is 51.5 Å². The highest BCUT2D eigenvalue weighted by Gasteiger charge is 2.18. The molecule has 3 heteroatoms. The minimum absolute atomic E-state index is 0.226. The number of hydrogen-bond acceptors (Lipinski definition) is 1. The molecule has 0 radical (unpaired) electrons. The first-order chi connectivity index (χ1) is 8.12. The normalized spacial score (nSPS) is 11.7. The van der Waals surface area contributed by atoms with Gasteiger partial charge in [-0.05, 0) is 5.41 Å². The van der Waals surface area contributed by atoms with Gasteiger partial charge >= 0.3 is 0 Å². The van der Waals surface area contributed by atoms with Crippen molar-refractivity contribution in [1.82, 2.24) is 9.55 Å². The molecule has 17 heavy (non-hydrogen) atoms. The second-order valence-corrected chi connectivity index (χ2v) is 5.60. The van der Waals surface area contributed by atoms with Gasteiger partial charge in [-0.15, -0.1) is 0 Å². The summed E-state index contributed by atoms with van der Waals surface area (Å²) in [5, 5.41) is 0.979. The lowest BCUT2D eigenvalue weighted by Gasteiger charge is -2.23. The average Bonchev–Trinajstić information content (AvgIpc) is 2.77. The largest absolute Gasteiger partial charge is 0.330 e. The summed E-state index contributed by atoms with van der Waals surface area (Å²) < 4.78 is 2.22. The summed E-state index contributed by atoms with van der Waals surface area (Å²) >= 11 is 3.56. The van der Waals surface area contributed by atoms with Crippen LogP contribution in [0.4, 0.5) is 0 Å². The highest BCUT2D eigenvalue weighted by molar-refractivity contribution is 9.09. The summed E-state index contributed by atoms with van der Waals surface area (Å²) in [6, 6.07) is 10.3. The van der Waals surface area contributed by atoms with Crippen LogP contribution in [0.25, 0.3) is 11.4 Å². The van der Waals surface area contributed by atoms with Gasteiger partial charge in [0, 0.05) is 29.8 Å². The Balaban J connectivity index is 2.30. The van der Waals surface area contributed by atoms with Crippen LogP contribution in [0, 0.1) is 5.41 Å². The first kappa shape index (κ1) is 12.4. The Kier molecular flexibility index (Phi) is 3.67. The molecule has 1 aromatic heterocycles. The van der Waals surface area contributed by atoms with Gasteiger partial charge in [0.15, 0.2) is 0 Å². The Morgan fingerprint density at radius 1 is 1.24 bits per heavy atom. The van der Waals surface area contributed by atoms with Crippen molar-refractivity contribution in [3.8, 4) is 11.4 Å². The Hall–Kier alpha value is -1.09. The lowest BCUT2D eigenvalue weighted by Crippen LogP contribution is -2.21. The van der Waals surface area contributed by atoms with Crippen LogP contribution < -0.4 is 0 Å². The Labute approximate surface area is 111 Å². The van der Waals surface area contributed by atoms with Gasteiger partial charge in [0.05, 0.1) is 0 Å². The van der Waals surface area contributed by atoms with Crippen molar-refractivity contribution in [2.75, 3.05) is 5.33 Å². The van der Waals surface area contributed by atoms with Gasteiger partial charge in [-0.25, -0.2) is 4.98 Å². The molecule has 0 aliphatic rings. The lowest BCUT2D eigenvalue weighted by atomic mass is 9.96. The van der Waals surface area contributed by atoms with Crippen molar-refractivity contribution < 1.29 is 0 Å². The van der Waals surface area contributed by atoms with E-state index in [1.54, 1.807) is 0 Å². The highest BCUT2D eigenvalue weighted by atomic mass is 79.9. The van der Waals surface area contributed by atoms with Crippen LogP contribution in [-0.2, 0) is 6.54 Å². The maximum atomic E-state index is 4.45. The van der Waals surface area contributed by atoms with Gasteiger partial charge in [-0.3, -0.25) is 0 Å². The molecule has 0 saturated carbocycles. The molecule has 90 valence electrons. The molecule has 0 bridgehead atoms. The fourth-order valence-corrected chi connectivity index (χ4v) is 1.97. The number of nitrogens with zero attached hydrogens (tertiary/aromatic N) is 2. The Morgan fingerprint density at radius 3 is 2.59 bits per heavy atom. The SMILES string of the molecule is CC(C)(CBr)Cn1ccnc1-c1ccccc1. The maximum absolute atomic E-state index is 4.45. The third-order valence-electron chi connectivity index (χ3n) is 2.71. The molecular weight excluding hydrogens is 276 g/mol. The summed E-state index contributed by atoms with van der Waals surface area (Å²) in [5.41, 5.74) is 1.40. The Morgan fingerprint density at radius 2 is 1.94 bits per heavy atom. The van der Waals surface area contributed by atoms with Crippen molar-refractivity contribution in [3.63, 3.8) is 0 Å². The minimum Gasteiger partial charge on any atom is -0.330 e. The first-order valence-electron chi connectivity index (χ1n) is 5.75. The third kappa shape index (κ3) is 2.97. The van der Waals surface area contributed by atoms with Crippen LogP contribution in [0.2, 0.25) is 0 Å². The first-order valence-corrected chi connectivity index (χ1v) is 6.87. The van der Waals surface area contributed by atoms with Crippen molar-refractivity contribution in [3.05, 3.63) is 42.7 Å². The number of aromatic nitrogens is 2. The summed E-state index contributed by atoms with van der Waals surface area (Å²) in [4.78, 5) is 4.45. The summed E-state index contributed by atoms with van der Waals surface area (Å²) in [7, 11) is 0. The standard InChI is InChI=1S/C14H17BrN2/c1-14(2,10-15)11-17-9-8-16-13(17)12-6-4-3-5-7-12/h3-9H,10-11H2,1-2H3. The zero-order valence-electron chi connectivity index (χ0n) is 10.2. The van der Waals surface area contributed by atoms with E-state index in [4.69, 9.17) is 0 Å². The number of benzene rings is 1. The van der Waals surface area contributed by atoms with E-state index in [0.717, 1.165) is 17.7 Å². The minimum atomic E-state index is 0.226. The van der Waals surface area contributed by atoms with Gasteiger partial charge < -0.3 is 4.57 Å². The monoisotopic (exact) mass is 292 g/mol.